The fourth-order valence-corrected chi connectivity index (χ4v) is 2.15. The maximum Gasteiger partial charge on any atom is 0.147 e. The van der Waals surface area contributed by atoms with Crippen LogP contribution in [0.4, 0.5) is 5.82 Å². The molecule has 0 fully saturated rings. The molecule has 0 bridgehead atoms. The zero-order chi connectivity index (χ0) is 15.2. The van der Waals surface area contributed by atoms with Gasteiger partial charge < -0.3 is 10.2 Å². The van der Waals surface area contributed by atoms with E-state index in [1.54, 1.807) is 0 Å². The topological polar surface area (TPSA) is 41.1 Å². The molecule has 4 nitrogen and oxygen atoms in total. The summed E-state index contributed by atoms with van der Waals surface area (Å²) in [6, 6.07) is 8.76. The van der Waals surface area contributed by atoms with Crippen molar-refractivity contribution >= 4 is 21.7 Å². The van der Waals surface area contributed by atoms with Gasteiger partial charge in [-0.25, -0.2) is 4.98 Å². The van der Waals surface area contributed by atoms with Gasteiger partial charge in [0.25, 0.3) is 0 Å². The summed E-state index contributed by atoms with van der Waals surface area (Å²) >= 11 is 3.45. The highest BCUT2D eigenvalue weighted by atomic mass is 79.9. The van der Waals surface area contributed by atoms with E-state index in [0.717, 1.165) is 29.1 Å². The second-order valence-electron chi connectivity index (χ2n) is 5.38. The van der Waals surface area contributed by atoms with Gasteiger partial charge in [-0.2, -0.15) is 0 Å². The van der Waals surface area contributed by atoms with Gasteiger partial charge in [-0.1, -0.05) is 41.9 Å². The van der Waals surface area contributed by atoms with Gasteiger partial charge in [-0.05, 0) is 17.7 Å². The summed E-state index contributed by atoms with van der Waals surface area (Å²) in [5, 5.41) is 3.34. The third-order valence-electron chi connectivity index (χ3n) is 3.11. The number of rotatable bonds is 6. The number of nitrogens with one attached hydrogen (secondary N) is 1. The van der Waals surface area contributed by atoms with E-state index in [-0.39, 0.29) is 0 Å². The number of aromatic nitrogens is 2. The zero-order valence-corrected chi connectivity index (χ0v) is 14.3. The highest BCUT2D eigenvalue weighted by Crippen LogP contribution is 2.14. The minimum absolute atomic E-state index is 0.451. The van der Waals surface area contributed by atoms with Crippen molar-refractivity contribution in [1.82, 2.24) is 15.3 Å². The lowest BCUT2D eigenvalue weighted by Crippen LogP contribution is -2.23. The van der Waals surface area contributed by atoms with Crippen molar-refractivity contribution < 1.29 is 0 Å². The van der Waals surface area contributed by atoms with Crippen molar-refractivity contribution in [3.8, 4) is 0 Å². The van der Waals surface area contributed by atoms with E-state index in [4.69, 9.17) is 0 Å². The van der Waals surface area contributed by atoms with E-state index in [1.807, 2.05) is 19.4 Å². The van der Waals surface area contributed by atoms with Gasteiger partial charge in [0.1, 0.15) is 5.82 Å². The van der Waals surface area contributed by atoms with Crippen LogP contribution in [0.2, 0.25) is 0 Å². The summed E-state index contributed by atoms with van der Waals surface area (Å²) in [6.07, 6.45) is 3.67. The second-order valence-corrected chi connectivity index (χ2v) is 6.30. The van der Waals surface area contributed by atoms with Crippen LogP contribution in [0.15, 0.2) is 41.1 Å². The Morgan fingerprint density at radius 3 is 2.43 bits per heavy atom. The van der Waals surface area contributed by atoms with Crippen LogP contribution in [0.25, 0.3) is 0 Å². The highest BCUT2D eigenvalue weighted by Gasteiger charge is 2.05. The van der Waals surface area contributed by atoms with Crippen molar-refractivity contribution in [1.29, 1.82) is 0 Å². The third kappa shape index (κ3) is 5.10. The first-order valence-corrected chi connectivity index (χ1v) is 7.84. The van der Waals surface area contributed by atoms with Gasteiger partial charge in [0.15, 0.2) is 0 Å². The van der Waals surface area contributed by atoms with Crippen LogP contribution >= 0.6 is 15.9 Å². The first-order chi connectivity index (χ1) is 10.0. The van der Waals surface area contributed by atoms with Gasteiger partial charge in [0.05, 0.1) is 18.1 Å². The molecule has 112 valence electrons. The Balaban J connectivity index is 1.96. The predicted molar refractivity (Wildman–Crippen MR) is 90.3 cm³/mol. The first-order valence-electron chi connectivity index (χ1n) is 7.04. The smallest absolute Gasteiger partial charge is 0.147 e. The van der Waals surface area contributed by atoms with Crippen LogP contribution in [0.3, 0.4) is 0 Å². The van der Waals surface area contributed by atoms with E-state index < -0.39 is 0 Å². The molecule has 2 aromatic rings. The first kappa shape index (κ1) is 15.9. The molecule has 5 heteroatoms. The van der Waals surface area contributed by atoms with Crippen LogP contribution in [0.5, 0.6) is 0 Å². The molecule has 0 radical (unpaired) electrons. The minimum Gasteiger partial charge on any atom is -0.354 e. The molecule has 1 aromatic heterocycles. The molecule has 0 spiro atoms. The van der Waals surface area contributed by atoms with Crippen molar-refractivity contribution in [2.75, 3.05) is 11.9 Å². The molecule has 0 aliphatic carbocycles. The van der Waals surface area contributed by atoms with Crippen LogP contribution in [-0.4, -0.2) is 23.1 Å². The lowest BCUT2D eigenvalue weighted by molar-refractivity contribution is 0.580. The van der Waals surface area contributed by atoms with Crippen molar-refractivity contribution in [2.24, 2.45) is 0 Å². The van der Waals surface area contributed by atoms with Gasteiger partial charge in [0.2, 0.25) is 0 Å². The molecule has 1 heterocycles. The Labute approximate surface area is 134 Å². The lowest BCUT2D eigenvalue weighted by Gasteiger charge is -2.18. The molecule has 0 aliphatic heterocycles. The number of benzene rings is 1. The minimum atomic E-state index is 0.451. The summed E-state index contributed by atoms with van der Waals surface area (Å²) in [7, 11) is 2.03. The fourth-order valence-electron chi connectivity index (χ4n) is 1.89. The molecule has 21 heavy (non-hydrogen) atoms. The van der Waals surface area contributed by atoms with E-state index >= 15 is 0 Å². The maximum absolute atomic E-state index is 4.48. The monoisotopic (exact) mass is 348 g/mol. The molecular formula is C16H21BrN4. The van der Waals surface area contributed by atoms with Crippen LogP contribution < -0.4 is 10.2 Å². The van der Waals surface area contributed by atoms with Gasteiger partial charge >= 0.3 is 0 Å². The molecule has 0 atom stereocenters. The van der Waals surface area contributed by atoms with E-state index in [9.17, 15) is 0 Å². The standard InChI is InChI=1S/C16H21BrN4/c1-12(2)18-8-15-9-20-16(10-19-15)21(3)11-13-4-6-14(17)7-5-13/h4-7,9-10,12,18H,8,11H2,1-3H3. The van der Waals surface area contributed by atoms with Gasteiger partial charge in [0, 0.05) is 30.7 Å². The second kappa shape index (κ2) is 7.52. The number of hydrogen-bond donors (Lipinski definition) is 1. The third-order valence-corrected chi connectivity index (χ3v) is 3.64. The SMILES string of the molecule is CC(C)NCc1cnc(N(C)Cc2ccc(Br)cc2)cn1. The number of nitrogens with zero attached hydrogens (tertiary/aromatic N) is 3. The van der Waals surface area contributed by atoms with Gasteiger partial charge in [-0.15, -0.1) is 0 Å². The zero-order valence-electron chi connectivity index (χ0n) is 12.7. The summed E-state index contributed by atoms with van der Waals surface area (Å²) in [5.74, 6) is 0.881. The van der Waals surface area contributed by atoms with Crippen molar-refractivity contribution in [3.05, 3.63) is 52.4 Å². The average Bonchev–Trinajstić information content (AvgIpc) is 2.48. The average molecular weight is 349 g/mol. The molecule has 0 aliphatic rings. The Bertz CT molecular complexity index is 551. The molecule has 1 aromatic carbocycles. The Kier molecular flexibility index (Phi) is 5.70. The molecular weight excluding hydrogens is 328 g/mol. The predicted octanol–water partition coefficient (Wildman–Crippen LogP) is 3.37. The Hall–Kier alpha value is -1.46. The highest BCUT2D eigenvalue weighted by molar-refractivity contribution is 9.10. The molecule has 1 N–H and O–H groups in total. The molecule has 0 amide bonds. The summed E-state index contributed by atoms with van der Waals surface area (Å²) in [4.78, 5) is 11.0. The number of hydrogen-bond acceptors (Lipinski definition) is 4. The van der Waals surface area contributed by atoms with Crippen molar-refractivity contribution in [3.63, 3.8) is 0 Å². The Morgan fingerprint density at radius 2 is 1.86 bits per heavy atom. The lowest BCUT2D eigenvalue weighted by atomic mass is 10.2. The molecule has 0 unspecified atom stereocenters. The van der Waals surface area contributed by atoms with E-state index in [2.05, 4.69) is 74.2 Å². The van der Waals surface area contributed by atoms with E-state index in [0.29, 0.717) is 6.04 Å². The molecule has 0 saturated carbocycles. The fraction of sp³-hybridized carbons (Fsp3) is 0.375. The maximum atomic E-state index is 4.48. The molecule has 2 rings (SSSR count). The largest absolute Gasteiger partial charge is 0.354 e. The van der Waals surface area contributed by atoms with Crippen LogP contribution in [0, 0.1) is 0 Å². The van der Waals surface area contributed by atoms with Crippen molar-refractivity contribution in [2.45, 2.75) is 33.0 Å². The number of anilines is 1. The normalized spacial score (nSPS) is 10.9. The van der Waals surface area contributed by atoms with E-state index in [1.165, 1.54) is 5.56 Å². The Morgan fingerprint density at radius 1 is 1.14 bits per heavy atom. The summed E-state index contributed by atoms with van der Waals surface area (Å²) < 4.78 is 1.09. The van der Waals surface area contributed by atoms with Crippen LogP contribution in [-0.2, 0) is 13.1 Å². The summed E-state index contributed by atoms with van der Waals surface area (Å²) in [5.41, 5.74) is 2.21. The summed E-state index contributed by atoms with van der Waals surface area (Å²) in [6.45, 7) is 5.80. The van der Waals surface area contributed by atoms with Gasteiger partial charge in [-0.3, -0.25) is 4.98 Å². The van der Waals surface area contributed by atoms with Crippen LogP contribution in [0.1, 0.15) is 25.1 Å². The number of halogens is 1. The quantitative estimate of drug-likeness (QED) is 0.868. The molecule has 0 saturated heterocycles.